The second-order valence-corrected chi connectivity index (χ2v) is 5.24. The van der Waals surface area contributed by atoms with Crippen molar-refractivity contribution in [2.75, 3.05) is 6.54 Å². The highest BCUT2D eigenvalue weighted by Crippen LogP contribution is 2.24. The van der Waals surface area contributed by atoms with Crippen molar-refractivity contribution in [3.63, 3.8) is 0 Å². The second kappa shape index (κ2) is 5.43. The first-order valence-corrected chi connectivity index (χ1v) is 6.04. The Labute approximate surface area is 98.5 Å². The lowest BCUT2D eigenvalue weighted by atomic mass is 9.81. The zero-order valence-electron chi connectivity index (χ0n) is 11.1. The van der Waals surface area contributed by atoms with Crippen molar-refractivity contribution in [2.45, 2.75) is 47.7 Å². The Morgan fingerprint density at radius 3 is 2.69 bits per heavy atom. The van der Waals surface area contributed by atoms with E-state index in [1.165, 1.54) is 0 Å². The summed E-state index contributed by atoms with van der Waals surface area (Å²) in [6.45, 7) is 13.9. The van der Waals surface area contributed by atoms with Gasteiger partial charge in [0.1, 0.15) is 12.2 Å². The summed E-state index contributed by atoms with van der Waals surface area (Å²) in [6, 6.07) is 0. The third kappa shape index (κ3) is 3.30. The van der Waals surface area contributed by atoms with Crippen LogP contribution in [0.25, 0.3) is 0 Å². The van der Waals surface area contributed by atoms with Crippen LogP contribution in [0, 0.1) is 11.3 Å². The summed E-state index contributed by atoms with van der Waals surface area (Å²) < 4.78 is 1.93. The molecule has 1 aromatic rings. The highest BCUT2D eigenvalue weighted by molar-refractivity contribution is 4.84. The molecule has 92 valence electrons. The van der Waals surface area contributed by atoms with Crippen molar-refractivity contribution in [3.8, 4) is 0 Å². The topological polar surface area (TPSA) is 42.7 Å². The molecule has 0 fully saturated rings. The molecule has 0 bridgehead atoms. The fraction of sp³-hybridized carbons (Fsp3) is 0.833. The van der Waals surface area contributed by atoms with Gasteiger partial charge in [0.15, 0.2) is 0 Å². The molecule has 0 aliphatic carbocycles. The maximum atomic E-state index is 4.24. The molecule has 4 heteroatoms. The first kappa shape index (κ1) is 13.2. The van der Waals surface area contributed by atoms with Crippen LogP contribution in [-0.2, 0) is 13.1 Å². The number of hydrogen-bond acceptors (Lipinski definition) is 3. The lowest BCUT2D eigenvalue weighted by Crippen LogP contribution is -2.33. The van der Waals surface area contributed by atoms with E-state index in [1.807, 2.05) is 4.68 Å². The molecule has 0 aromatic carbocycles. The molecule has 0 spiro atoms. The molecule has 0 aliphatic rings. The summed E-state index contributed by atoms with van der Waals surface area (Å²) in [4.78, 5) is 4.24. The Balaban J connectivity index is 2.41. The molecular weight excluding hydrogens is 200 g/mol. The zero-order chi connectivity index (χ0) is 12.2. The summed E-state index contributed by atoms with van der Waals surface area (Å²) in [5, 5.41) is 7.61. The number of hydrogen-bond donors (Lipinski definition) is 1. The Morgan fingerprint density at radius 2 is 2.12 bits per heavy atom. The minimum atomic E-state index is 0.317. The van der Waals surface area contributed by atoms with Gasteiger partial charge in [0.05, 0.1) is 6.54 Å². The van der Waals surface area contributed by atoms with Gasteiger partial charge in [-0.15, -0.1) is 0 Å². The van der Waals surface area contributed by atoms with E-state index in [4.69, 9.17) is 0 Å². The van der Waals surface area contributed by atoms with Gasteiger partial charge in [-0.1, -0.05) is 27.7 Å². The highest BCUT2D eigenvalue weighted by Gasteiger charge is 2.21. The molecule has 0 radical (unpaired) electrons. The Bertz CT molecular complexity index is 315. The monoisotopic (exact) mass is 224 g/mol. The van der Waals surface area contributed by atoms with E-state index in [0.717, 1.165) is 25.5 Å². The minimum absolute atomic E-state index is 0.317. The van der Waals surface area contributed by atoms with Gasteiger partial charge >= 0.3 is 0 Å². The predicted molar refractivity (Wildman–Crippen MR) is 66.0 cm³/mol. The summed E-state index contributed by atoms with van der Waals surface area (Å²) in [6.07, 6.45) is 1.62. The summed E-state index contributed by atoms with van der Waals surface area (Å²) >= 11 is 0. The van der Waals surface area contributed by atoms with E-state index in [1.54, 1.807) is 6.33 Å². The number of nitrogens with one attached hydrogen (secondary N) is 1. The van der Waals surface area contributed by atoms with E-state index in [0.29, 0.717) is 11.3 Å². The highest BCUT2D eigenvalue weighted by atomic mass is 15.3. The fourth-order valence-electron chi connectivity index (χ4n) is 1.39. The van der Waals surface area contributed by atoms with E-state index in [2.05, 4.69) is 50.0 Å². The molecule has 1 rings (SSSR count). The quantitative estimate of drug-likeness (QED) is 0.804. The number of aryl methyl sites for hydroxylation is 1. The van der Waals surface area contributed by atoms with Crippen LogP contribution in [0.3, 0.4) is 0 Å². The Kier molecular flexibility index (Phi) is 4.47. The van der Waals surface area contributed by atoms with Crippen LogP contribution in [0.2, 0.25) is 0 Å². The molecule has 0 aliphatic heterocycles. The van der Waals surface area contributed by atoms with Gasteiger partial charge < -0.3 is 5.32 Å². The van der Waals surface area contributed by atoms with Gasteiger partial charge in [-0.2, -0.15) is 5.10 Å². The first-order chi connectivity index (χ1) is 7.47. The number of rotatable bonds is 6. The summed E-state index contributed by atoms with van der Waals surface area (Å²) in [7, 11) is 0. The van der Waals surface area contributed by atoms with Gasteiger partial charge in [-0.25, -0.2) is 9.67 Å². The maximum absolute atomic E-state index is 4.24. The smallest absolute Gasteiger partial charge is 0.140 e. The van der Waals surface area contributed by atoms with E-state index < -0.39 is 0 Å². The van der Waals surface area contributed by atoms with Crippen molar-refractivity contribution in [2.24, 2.45) is 11.3 Å². The normalized spacial score (nSPS) is 12.4. The average molecular weight is 224 g/mol. The maximum Gasteiger partial charge on any atom is 0.140 e. The third-order valence-electron chi connectivity index (χ3n) is 3.42. The summed E-state index contributed by atoms with van der Waals surface area (Å²) in [5.74, 6) is 1.69. The third-order valence-corrected chi connectivity index (χ3v) is 3.42. The van der Waals surface area contributed by atoms with Gasteiger partial charge in [-0.3, -0.25) is 0 Å². The number of nitrogens with zero attached hydrogens (tertiary/aromatic N) is 3. The van der Waals surface area contributed by atoms with Gasteiger partial charge in [-0.05, 0) is 18.3 Å². The molecular formula is C12H24N4. The molecule has 1 aromatic heterocycles. The van der Waals surface area contributed by atoms with Crippen LogP contribution >= 0.6 is 0 Å². The fourth-order valence-corrected chi connectivity index (χ4v) is 1.39. The van der Waals surface area contributed by atoms with Crippen molar-refractivity contribution in [3.05, 3.63) is 12.2 Å². The SMILES string of the molecule is CCn1ncnc1CNCC(C)(C)C(C)C. The van der Waals surface area contributed by atoms with Crippen molar-refractivity contribution >= 4 is 0 Å². The molecule has 1 N–H and O–H groups in total. The van der Waals surface area contributed by atoms with Crippen LogP contribution in [0.15, 0.2) is 6.33 Å². The molecule has 1 heterocycles. The van der Waals surface area contributed by atoms with Crippen LogP contribution < -0.4 is 5.32 Å². The summed E-state index contributed by atoms with van der Waals surface area (Å²) in [5.41, 5.74) is 0.317. The zero-order valence-corrected chi connectivity index (χ0v) is 11.1. The van der Waals surface area contributed by atoms with Crippen LogP contribution in [0.1, 0.15) is 40.4 Å². The van der Waals surface area contributed by atoms with E-state index in [9.17, 15) is 0 Å². The van der Waals surface area contributed by atoms with Crippen LogP contribution in [0.4, 0.5) is 0 Å². The van der Waals surface area contributed by atoms with Gasteiger partial charge in [0, 0.05) is 13.1 Å². The molecule has 16 heavy (non-hydrogen) atoms. The van der Waals surface area contributed by atoms with Gasteiger partial charge in [0.25, 0.3) is 0 Å². The first-order valence-electron chi connectivity index (χ1n) is 6.04. The van der Waals surface area contributed by atoms with Crippen LogP contribution in [-0.4, -0.2) is 21.3 Å². The largest absolute Gasteiger partial charge is 0.309 e. The molecule has 0 unspecified atom stereocenters. The van der Waals surface area contributed by atoms with Crippen molar-refractivity contribution in [1.82, 2.24) is 20.1 Å². The standard InChI is InChI=1S/C12H24N4/c1-6-16-11(14-9-15-16)7-13-8-12(4,5)10(2)3/h9-10,13H,6-8H2,1-5H3. The van der Waals surface area contributed by atoms with Gasteiger partial charge in [0.2, 0.25) is 0 Å². The van der Waals surface area contributed by atoms with E-state index >= 15 is 0 Å². The number of aromatic nitrogens is 3. The molecule has 0 saturated heterocycles. The lowest BCUT2D eigenvalue weighted by Gasteiger charge is -2.29. The Hall–Kier alpha value is -0.900. The minimum Gasteiger partial charge on any atom is -0.309 e. The van der Waals surface area contributed by atoms with E-state index in [-0.39, 0.29) is 0 Å². The van der Waals surface area contributed by atoms with Crippen molar-refractivity contribution < 1.29 is 0 Å². The molecule has 4 nitrogen and oxygen atoms in total. The molecule has 0 saturated carbocycles. The lowest BCUT2D eigenvalue weighted by molar-refractivity contribution is 0.236. The molecule has 0 amide bonds. The van der Waals surface area contributed by atoms with Crippen molar-refractivity contribution in [1.29, 1.82) is 0 Å². The van der Waals surface area contributed by atoms with Crippen LogP contribution in [0.5, 0.6) is 0 Å². The predicted octanol–water partition coefficient (Wildman–Crippen LogP) is 2.07. The molecule has 0 atom stereocenters. The average Bonchev–Trinajstić information content (AvgIpc) is 2.64. The Morgan fingerprint density at radius 1 is 1.44 bits per heavy atom. The second-order valence-electron chi connectivity index (χ2n) is 5.24.